The first-order valence-electron chi connectivity index (χ1n) is 10.0. The van der Waals surface area contributed by atoms with E-state index >= 15 is 0 Å². The fourth-order valence-corrected chi connectivity index (χ4v) is 3.01. The highest BCUT2D eigenvalue weighted by Gasteiger charge is 2.14. The van der Waals surface area contributed by atoms with Gasteiger partial charge in [0.2, 0.25) is 5.88 Å². The molecule has 0 saturated heterocycles. The molecule has 2 aromatic rings. The van der Waals surface area contributed by atoms with E-state index in [1.54, 1.807) is 13.3 Å². The number of rotatable bonds is 10. The molecule has 0 aliphatic carbocycles. The zero-order valence-electron chi connectivity index (χ0n) is 18.5. The van der Waals surface area contributed by atoms with Crippen LogP contribution < -0.4 is 15.4 Å². The van der Waals surface area contributed by atoms with Crippen molar-refractivity contribution in [1.82, 2.24) is 25.4 Å². The van der Waals surface area contributed by atoms with E-state index in [9.17, 15) is 0 Å². The molecule has 0 aliphatic rings. The molecular weight excluding hydrogens is 368 g/mol. The summed E-state index contributed by atoms with van der Waals surface area (Å²) in [7, 11) is 3.63. The zero-order valence-corrected chi connectivity index (χ0v) is 18.5. The number of hydrogen-bond donors (Lipinski definition) is 2. The van der Waals surface area contributed by atoms with Gasteiger partial charge in [0, 0.05) is 44.7 Å². The van der Waals surface area contributed by atoms with E-state index < -0.39 is 0 Å². The zero-order chi connectivity index (χ0) is 21.2. The molecule has 1 atom stereocenters. The molecule has 29 heavy (non-hydrogen) atoms. The first-order valence-corrected chi connectivity index (χ1v) is 10.0. The van der Waals surface area contributed by atoms with E-state index in [-0.39, 0.29) is 6.04 Å². The number of nitrogens with zero attached hydrogens (tertiary/aromatic N) is 4. The van der Waals surface area contributed by atoms with Crippen LogP contribution in [0.4, 0.5) is 0 Å². The summed E-state index contributed by atoms with van der Waals surface area (Å²) >= 11 is 0. The molecule has 2 heterocycles. The molecule has 8 nitrogen and oxygen atoms in total. The lowest BCUT2D eigenvalue weighted by Gasteiger charge is -2.18. The van der Waals surface area contributed by atoms with Gasteiger partial charge in [0.25, 0.3) is 0 Å². The summed E-state index contributed by atoms with van der Waals surface area (Å²) in [4.78, 5) is 9.01. The summed E-state index contributed by atoms with van der Waals surface area (Å²) in [6.45, 7) is 10.8. The van der Waals surface area contributed by atoms with Gasteiger partial charge in [0.05, 0.1) is 18.8 Å². The summed E-state index contributed by atoms with van der Waals surface area (Å²) in [5.74, 6) is 1.38. The summed E-state index contributed by atoms with van der Waals surface area (Å²) in [6, 6.07) is 4.06. The fourth-order valence-electron chi connectivity index (χ4n) is 3.01. The van der Waals surface area contributed by atoms with E-state index in [0.717, 1.165) is 30.2 Å². The normalized spacial score (nSPS) is 12.7. The third-order valence-electron chi connectivity index (χ3n) is 4.65. The van der Waals surface area contributed by atoms with Gasteiger partial charge in [0.1, 0.15) is 6.61 Å². The predicted octanol–water partition coefficient (Wildman–Crippen LogP) is 2.14. The van der Waals surface area contributed by atoms with Crippen molar-refractivity contribution in [3.05, 3.63) is 40.8 Å². The molecule has 1 unspecified atom stereocenters. The molecule has 2 N–H and O–H groups in total. The van der Waals surface area contributed by atoms with Crippen molar-refractivity contribution >= 4 is 5.96 Å². The lowest BCUT2D eigenvalue weighted by Crippen LogP contribution is -2.43. The van der Waals surface area contributed by atoms with Crippen molar-refractivity contribution in [2.75, 3.05) is 26.9 Å². The maximum Gasteiger partial charge on any atom is 0.213 e. The van der Waals surface area contributed by atoms with Crippen molar-refractivity contribution in [3.8, 4) is 5.88 Å². The molecule has 0 amide bonds. The number of methoxy groups -OCH3 is 1. The molecule has 0 aromatic carbocycles. The molecule has 2 aromatic heterocycles. The third kappa shape index (κ3) is 7.05. The highest BCUT2D eigenvalue weighted by Crippen LogP contribution is 2.14. The highest BCUT2D eigenvalue weighted by atomic mass is 16.5. The van der Waals surface area contributed by atoms with Crippen LogP contribution in [0.1, 0.15) is 36.4 Å². The largest absolute Gasteiger partial charge is 0.475 e. The van der Waals surface area contributed by atoms with Crippen LogP contribution in [0.15, 0.2) is 23.3 Å². The molecule has 0 spiro atoms. The minimum atomic E-state index is 0.226. The predicted molar refractivity (Wildman–Crippen MR) is 115 cm³/mol. The van der Waals surface area contributed by atoms with Crippen molar-refractivity contribution < 1.29 is 9.47 Å². The maximum absolute atomic E-state index is 5.49. The smallest absolute Gasteiger partial charge is 0.213 e. The molecule has 0 aliphatic heterocycles. The van der Waals surface area contributed by atoms with Gasteiger partial charge in [-0.3, -0.25) is 4.68 Å². The van der Waals surface area contributed by atoms with Crippen LogP contribution in [-0.2, 0) is 24.8 Å². The number of pyridine rings is 1. The fraction of sp³-hybridized carbons (Fsp3) is 0.571. The Balaban J connectivity index is 1.94. The number of aliphatic imine (C=N–C) groups is 1. The Morgan fingerprint density at radius 2 is 2.07 bits per heavy atom. The topological polar surface area (TPSA) is 85.6 Å². The van der Waals surface area contributed by atoms with E-state index in [4.69, 9.17) is 14.5 Å². The van der Waals surface area contributed by atoms with Crippen LogP contribution in [0, 0.1) is 13.8 Å². The van der Waals surface area contributed by atoms with Gasteiger partial charge >= 0.3 is 0 Å². The van der Waals surface area contributed by atoms with Gasteiger partial charge in [0.15, 0.2) is 5.96 Å². The number of hydrogen-bond acceptors (Lipinski definition) is 5. The van der Waals surface area contributed by atoms with Crippen molar-refractivity contribution in [3.63, 3.8) is 0 Å². The van der Waals surface area contributed by atoms with Crippen LogP contribution in [0.2, 0.25) is 0 Å². The summed E-state index contributed by atoms with van der Waals surface area (Å²) in [6.07, 6.45) is 2.69. The lowest BCUT2D eigenvalue weighted by atomic mass is 10.1. The Bertz CT molecular complexity index is 785. The van der Waals surface area contributed by atoms with E-state index in [2.05, 4.69) is 48.4 Å². The Hall–Kier alpha value is -2.61. The minimum Gasteiger partial charge on any atom is -0.475 e. The lowest BCUT2D eigenvalue weighted by molar-refractivity contribution is 0.143. The molecule has 0 saturated carbocycles. The summed E-state index contributed by atoms with van der Waals surface area (Å²) in [5.41, 5.74) is 4.60. The SMILES string of the molecule is CCNC(=NCc1ccc(OCCOC)nc1)NC(C)Cc1c(C)nn(C)c1C. The van der Waals surface area contributed by atoms with Crippen molar-refractivity contribution in [2.24, 2.45) is 12.0 Å². The molecular formula is C21H34N6O2. The number of nitrogens with one attached hydrogen (secondary N) is 2. The molecule has 8 heteroatoms. The van der Waals surface area contributed by atoms with Gasteiger partial charge in [-0.05, 0) is 45.2 Å². The Labute approximate surface area is 173 Å². The van der Waals surface area contributed by atoms with Crippen LogP contribution in [0.3, 0.4) is 0 Å². The van der Waals surface area contributed by atoms with E-state index in [0.29, 0.717) is 25.6 Å². The van der Waals surface area contributed by atoms with Crippen molar-refractivity contribution in [1.29, 1.82) is 0 Å². The van der Waals surface area contributed by atoms with Crippen LogP contribution >= 0.6 is 0 Å². The quantitative estimate of drug-likeness (QED) is 0.360. The summed E-state index contributed by atoms with van der Waals surface area (Å²) in [5, 5.41) is 11.3. The first kappa shape index (κ1) is 22.7. The monoisotopic (exact) mass is 402 g/mol. The number of aryl methyl sites for hydroxylation is 2. The second-order valence-corrected chi connectivity index (χ2v) is 7.06. The van der Waals surface area contributed by atoms with Gasteiger partial charge in [-0.25, -0.2) is 9.98 Å². The molecule has 0 radical (unpaired) electrons. The van der Waals surface area contributed by atoms with Crippen LogP contribution in [0.5, 0.6) is 5.88 Å². The van der Waals surface area contributed by atoms with Gasteiger partial charge in [-0.2, -0.15) is 5.10 Å². The number of aromatic nitrogens is 3. The number of ether oxygens (including phenoxy) is 2. The Morgan fingerprint density at radius 1 is 1.28 bits per heavy atom. The highest BCUT2D eigenvalue weighted by molar-refractivity contribution is 5.80. The van der Waals surface area contributed by atoms with Gasteiger partial charge in [-0.15, -0.1) is 0 Å². The number of guanidine groups is 1. The average Bonchev–Trinajstić information content (AvgIpc) is 2.93. The van der Waals surface area contributed by atoms with Crippen LogP contribution in [0.25, 0.3) is 0 Å². The van der Waals surface area contributed by atoms with E-state index in [1.807, 2.05) is 23.9 Å². The standard InChI is InChI=1S/C21H34N6O2/c1-7-22-21(25-15(2)12-19-16(3)26-27(5)17(19)4)24-14-18-8-9-20(23-13-18)29-11-10-28-6/h8-9,13,15H,7,10-12,14H2,1-6H3,(H2,22,24,25). The van der Waals surface area contributed by atoms with Gasteiger partial charge < -0.3 is 20.1 Å². The second-order valence-electron chi connectivity index (χ2n) is 7.06. The molecule has 160 valence electrons. The maximum atomic E-state index is 5.49. The second kappa shape index (κ2) is 11.4. The average molecular weight is 403 g/mol. The molecule has 2 rings (SSSR count). The van der Waals surface area contributed by atoms with Gasteiger partial charge in [-0.1, -0.05) is 6.07 Å². The molecule has 0 bridgehead atoms. The Morgan fingerprint density at radius 3 is 2.66 bits per heavy atom. The van der Waals surface area contributed by atoms with E-state index in [1.165, 1.54) is 11.3 Å². The van der Waals surface area contributed by atoms with Crippen LogP contribution in [-0.4, -0.2) is 53.6 Å². The molecule has 0 fully saturated rings. The third-order valence-corrected chi connectivity index (χ3v) is 4.65. The first-order chi connectivity index (χ1) is 13.9. The Kier molecular flexibility index (Phi) is 8.92. The minimum absolute atomic E-state index is 0.226. The van der Waals surface area contributed by atoms with Crippen molar-refractivity contribution in [2.45, 2.75) is 46.7 Å². The summed E-state index contributed by atoms with van der Waals surface area (Å²) < 4.78 is 12.4.